The quantitative estimate of drug-likeness (QED) is 0.850. The summed E-state index contributed by atoms with van der Waals surface area (Å²) in [4.78, 5) is 1.42. The third kappa shape index (κ3) is 3.05. The molecule has 0 saturated heterocycles. The highest BCUT2D eigenvalue weighted by molar-refractivity contribution is 7.10. The average Bonchev–Trinajstić information content (AvgIpc) is 3.14. The summed E-state index contributed by atoms with van der Waals surface area (Å²) in [6.07, 6.45) is 5.34. The van der Waals surface area contributed by atoms with Gasteiger partial charge in [-0.15, -0.1) is 11.3 Å². The van der Waals surface area contributed by atoms with Gasteiger partial charge in [0, 0.05) is 23.0 Å². The minimum atomic E-state index is 0.386. The van der Waals surface area contributed by atoms with Crippen LogP contribution in [-0.4, -0.2) is 5.11 Å². The Balaban J connectivity index is 1.72. The Bertz CT molecular complexity index is 532. The van der Waals surface area contributed by atoms with Crippen LogP contribution in [-0.2, 0) is 6.54 Å². The minimum absolute atomic E-state index is 0.386. The molecule has 1 saturated carbocycles. The molecule has 2 N–H and O–H groups in total. The molecule has 0 aliphatic heterocycles. The molecule has 1 aromatic carbocycles. The van der Waals surface area contributed by atoms with Crippen molar-refractivity contribution >= 4 is 11.3 Å². The largest absolute Gasteiger partial charge is 0.508 e. The molecule has 2 nitrogen and oxygen atoms in total. The van der Waals surface area contributed by atoms with Crippen LogP contribution in [0.15, 0.2) is 41.8 Å². The molecule has 0 radical (unpaired) electrons. The summed E-state index contributed by atoms with van der Waals surface area (Å²) in [5.41, 5.74) is 0.979. The zero-order chi connectivity index (χ0) is 13.8. The molecule has 1 aliphatic rings. The van der Waals surface area contributed by atoms with Crippen LogP contribution in [0.3, 0.4) is 0 Å². The maximum atomic E-state index is 9.88. The zero-order valence-corrected chi connectivity index (χ0v) is 12.4. The second-order valence-electron chi connectivity index (χ2n) is 5.55. The Labute approximate surface area is 124 Å². The van der Waals surface area contributed by atoms with Gasteiger partial charge in [0.15, 0.2) is 0 Å². The number of nitrogens with one attached hydrogen (secondary N) is 1. The van der Waals surface area contributed by atoms with E-state index in [0.29, 0.717) is 11.8 Å². The van der Waals surface area contributed by atoms with Gasteiger partial charge in [-0.2, -0.15) is 0 Å². The summed E-state index contributed by atoms with van der Waals surface area (Å²) >= 11 is 1.83. The Morgan fingerprint density at radius 3 is 2.65 bits per heavy atom. The van der Waals surface area contributed by atoms with Gasteiger partial charge in [0.2, 0.25) is 0 Å². The number of hydrogen-bond acceptors (Lipinski definition) is 3. The molecule has 1 aliphatic carbocycles. The summed E-state index contributed by atoms with van der Waals surface area (Å²) in [7, 11) is 0. The Hall–Kier alpha value is -1.32. The first-order chi connectivity index (χ1) is 9.84. The predicted octanol–water partition coefficient (Wildman–Crippen LogP) is 4.47. The van der Waals surface area contributed by atoms with E-state index in [4.69, 9.17) is 0 Å². The maximum absolute atomic E-state index is 9.88. The first-order valence-corrected chi connectivity index (χ1v) is 8.26. The van der Waals surface area contributed by atoms with Gasteiger partial charge in [-0.3, -0.25) is 0 Å². The number of benzene rings is 1. The third-order valence-electron chi connectivity index (χ3n) is 4.22. The third-order valence-corrected chi connectivity index (χ3v) is 5.18. The van der Waals surface area contributed by atoms with Gasteiger partial charge in [-0.1, -0.05) is 37.1 Å². The first kappa shape index (κ1) is 13.7. The van der Waals surface area contributed by atoms with Crippen LogP contribution in [0.4, 0.5) is 0 Å². The summed E-state index contributed by atoms with van der Waals surface area (Å²) < 4.78 is 0. The lowest BCUT2D eigenvalue weighted by Gasteiger charge is -2.24. The van der Waals surface area contributed by atoms with Crippen LogP contribution in [0.25, 0.3) is 0 Å². The summed E-state index contributed by atoms with van der Waals surface area (Å²) in [5, 5.41) is 15.7. The van der Waals surface area contributed by atoms with Gasteiger partial charge in [-0.05, 0) is 36.3 Å². The molecular formula is C17H21NOS. The number of aromatic hydroxyl groups is 1. The minimum Gasteiger partial charge on any atom is -0.508 e. The number of phenolic OH excluding ortho intramolecular Hbond substituents is 1. The molecular weight excluding hydrogens is 266 g/mol. The van der Waals surface area contributed by atoms with E-state index in [1.807, 2.05) is 29.5 Å². The fourth-order valence-electron chi connectivity index (χ4n) is 3.14. The second-order valence-corrected chi connectivity index (χ2v) is 6.53. The standard InChI is InChI=1S/C17H21NOS/c19-15-9-4-3-8-14(15)12-18-17(13-6-1-2-7-13)16-10-5-11-20-16/h3-5,8-11,13,17-19H,1-2,6-7,12H2. The van der Waals surface area contributed by atoms with E-state index in [2.05, 4.69) is 22.8 Å². The van der Waals surface area contributed by atoms with Crippen LogP contribution < -0.4 is 5.32 Å². The zero-order valence-electron chi connectivity index (χ0n) is 11.6. The monoisotopic (exact) mass is 287 g/mol. The number of thiophene rings is 1. The van der Waals surface area contributed by atoms with Crippen LogP contribution in [0.5, 0.6) is 5.75 Å². The van der Waals surface area contributed by atoms with Crippen molar-refractivity contribution in [1.82, 2.24) is 5.32 Å². The molecule has 0 bridgehead atoms. The molecule has 0 spiro atoms. The molecule has 1 fully saturated rings. The van der Waals surface area contributed by atoms with Crippen molar-refractivity contribution in [3.63, 3.8) is 0 Å². The van der Waals surface area contributed by atoms with E-state index in [0.717, 1.165) is 18.0 Å². The van der Waals surface area contributed by atoms with E-state index in [-0.39, 0.29) is 0 Å². The SMILES string of the molecule is Oc1ccccc1CNC(c1cccs1)C1CCCC1. The number of hydrogen-bond donors (Lipinski definition) is 2. The fraction of sp³-hybridized carbons (Fsp3) is 0.412. The Morgan fingerprint density at radius 1 is 1.15 bits per heavy atom. The van der Waals surface area contributed by atoms with E-state index in [9.17, 15) is 5.11 Å². The lowest BCUT2D eigenvalue weighted by atomic mass is 9.96. The highest BCUT2D eigenvalue weighted by atomic mass is 32.1. The topological polar surface area (TPSA) is 32.3 Å². The highest BCUT2D eigenvalue weighted by Crippen LogP contribution is 2.37. The average molecular weight is 287 g/mol. The van der Waals surface area contributed by atoms with Crippen LogP contribution in [0, 0.1) is 5.92 Å². The molecule has 106 valence electrons. The molecule has 1 unspecified atom stereocenters. The van der Waals surface area contributed by atoms with Gasteiger partial charge in [0.1, 0.15) is 5.75 Å². The molecule has 1 atom stereocenters. The number of phenols is 1. The predicted molar refractivity (Wildman–Crippen MR) is 84.0 cm³/mol. The van der Waals surface area contributed by atoms with Crippen LogP contribution in [0.2, 0.25) is 0 Å². The Kier molecular flexibility index (Phi) is 4.38. The normalized spacial score (nSPS) is 17.4. The Morgan fingerprint density at radius 2 is 1.95 bits per heavy atom. The van der Waals surface area contributed by atoms with Crippen molar-refractivity contribution in [2.45, 2.75) is 38.3 Å². The molecule has 2 aromatic rings. The van der Waals surface area contributed by atoms with Crippen molar-refractivity contribution in [3.05, 3.63) is 52.2 Å². The van der Waals surface area contributed by atoms with Gasteiger partial charge in [0.05, 0.1) is 0 Å². The molecule has 1 aromatic heterocycles. The lowest BCUT2D eigenvalue weighted by molar-refractivity contribution is 0.367. The van der Waals surface area contributed by atoms with Crippen molar-refractivity contribution in [2.75, 3.05) is 0 Å². The second kappa shape index (κ2) is 6.42. The lowest BCUT2D eigenvalue weighted by Crippen LogP contribution is -2.26. The molecule has 1 heterocycles. The maximum Gasteiger partial charge on any atom is 0.120 e. The summed E-state index contributed by atoms with van der Waals surface area (Å²) in [6.45, 7) is 0.728. The van der Waals surface area contributed by atoms with Crippen molar-refractivity contribution in [3.8, 4) is 5.75 Å². The van der Waals surface area contributed by atoms with E-state index in [1.165, 1.54) is 30.6 Å². The van der Waals surface area contributed by atoms with Crippen LogP contribution in [0.1, 0.15) is 42.2 Å². The molecule has 0 amide bonds. The van der Waals surface area contributed by atoms with E-state index in [1.54, 1.807) is 6.07 Å². The van der Waals surface area contributed by atoms with Crippen molar-refractivity contribution in [2.24, 2.45) is 5.92 Å². The van der Waals surface area contributed by atoms with Crippen LogP contribution >= 0.6 is 11.3 Å². The molecule has 3 heteroatoms. The van der Waals surface area contributed by atoms with Gasteiger partial charge in [0.25, 0.3) is 0 Å². The summed E-state index contributed by atoms with van der Waals surface area (Å²) in [5.74, 6) is 1.12. The highest BCUT2D eigenvalue weighted by Gasteiger charge is 2.26. The van der Waals surface area contributed by atoms with E-state index < -0.39 is 0 Å². The number of para-hydroxylation sites is 1. The van der Waals surface area contributed by atoms with Gasteiger partial charge < -0.3 is 10.4 Å². The number of rotatable bonds is 5. The summed E-state index contributed by atoms with van der Waals surface area (Å²) in [6, 6.07) is 12.4. The van der Waals surface area contributed by atoms with Crippen molar-refractivity contribution < 1.29 is 5.11 Å². The van der Waals surface area contributed by atoms with Crippen molar-refractivity contribution in [1.29, 1.82) is 0 Å². The fourth-order valence-corrected chi connectivity index (χ4v) is 4.03. The van der Waals surface area contributed by atoms with Gasteiger partial charge in [-0.25, -0.2) is 0 Å². The smallest absolute Gasteiger partial charge is 0.120 e. The first-order valence-electron chi connectivity index (χ1n) is 7.38. The van der Waals surface area contributed by atoms with Gasteiger partial charge >= 0.3 is 0 Å². The molecule has 3 rings (SSSR count). The molecule has 20 heavy (non-hydrogen) atoms. The van der Waals surface area contributed by atoms with E-state index >= 15 is 0 Å².